The molecule has 0 aromatic rings. The van der Waals surface area contributed by atoms with Crippen LogP contribution in [0.4, 0.5) is 0 Å². The molecule has 0 aromatic carbocycles. The molecule has 0 saturated carbocycles. The van der Waals surface area contributed by atoms with Crippen molar-refractivity contribution in [1.82, 2.24) is 5.32 Å². The summed E-state index contributed by atoms with van der Waals surface area (Å²) >= 11 is 0. The molecule has 1 rings (SSSR count). The Hall–Kier alpha value is -0.610. The molecule has 0 spiro atoms. The monoisotopic (exact) mass is 159 g/mol. The van der Waals surface area contributed by atoms with Gasteiger partial charge in [0.1, 0.15) is 6.04 Å². The van der Waals surface area contributed by atoms with Crippen LogP contribution in [0.1, 0.15) is 6.42 Å². The van der Waals surface area contributed by atoms with E-state index in [0.29, 0.717) is 6.61 Å². The summed E-state index contributed by atoms with van der Waals surface area (Å²) in [6.45, 7) is 1.97. The maximum atomic E-state index is 11.0. The molecule has 11 heavy (non-hydrogen) atoms. The van der Waals surface area contributed by atoms with Crippen molar-refractivity contribution in [1.29, 1.82) is 0 Å². The molecule has 0 bridgehead atoms. The number of rotatable bonds is 1. The zero-order valence-corrected chi connectivity index (χ0v) is 6.63. The third-order valence-corrected chi connectivity index (χ3v) is 1.63. The molecule has 64 valence electrons. The fourth-order valence-electron chi connectivity index (χ4n) is 1.00. The van der Waals surface area contributed by atoms with Gasteiger partial charge in [0.25, 0.3) is 0 Å². The Bertz CT molecular complexity index is 130. The lowest BCUT2D eigenvalue weighted by atomic mass is 10.3. The first-order chi connectivity index (χ1) is 5.34. The van der Waals surface area contributed by atoms with Crippen molar-refractivity contribution in [3.63, 3.8) is 0 Å². The zero-order chi connectivity index (χ0) is 8.10. The highest BCUT2D eigenvalue weighted by molar-refractivity contribution is 5.75. The van der Waals surface area contributed by atoms with Gasteiger partial charge in [0.15, 0.2) is 0 Å². The summed E-state index contributed by atoms with van der Waals surface area (Å²) in [6.07, 6.45) is 0.952. The predicted molar refractivity (Wildman–Crippen MR) is 39.2 cm³/mol. The first kappa shape index (κ1) is 8.49. The van der Waals surface area contributed by atoms with Crippen molar-refractivity contribution in [2.45, 2.75) is 12.5 Å². The van der Waals surface area contributed by atoms with Crippen LogP contribution in [0.15, 0.2) is 0 Å². The number of esters is 1. The van der Waals surface area contributed by atoms with E-state index in [2.05, 4.69) is 10.1 Å². The Morgan fingerprint density at radius 3 is 3.27 bits per heavy atom. The lowest BCUT2D eigenvalue weighted by Gasteiger charge is -2.11. The minimum absolute atomic E-state index is 0.244. The van der Waals surface area contributed by atoms with Gasteiger partial charge in [-0.05, 0) is 13.0 Å². The molecule has 1 aliphatic rings. The molecule has 1 N–H and O–H groups in total. The maximum Gasteiger partial charge on any atom is 0.325 e. The average molecular weight is 159 g/mol. The molecule has 1 unspecified atom stereocenters. The zero-order valence-electron chi connectivity index (χ0n) is 6.63. The highest BCUT2D eigenvalue weighted by Crippen LogP contribution is 1.96. The Kier molecular flexibility index (Phi) is 3.32. The minimum atomic E-state index is -0.275. The summed E-state index contributed by atoms with van der Waals surface area (Å²) in [5, 5.41) is 3.03. The quantitative estimate of drug-likeness (QED) is 0.526. The number of methoxy groups -OCH3 is 1. The molecular weight excluding hydrogens is 146 g/mol. The summed E-state index contributed by atoms with van der Waals surface area (Å²) in [7, 11) is 1.38. The number of hydrogen-bond acceptors (Lipinski definition) is 4. The SMILES string of the molecule is COC(=O)C1COCCCN1. The van der Waals surface area contributed by atoms with Gasteiger partial charge >= 0.3 is 5.97 Å². The molecule has 4 heteroatoms. The number of ether oxygens (including phenoxy) is 2. The lowest BCUT2D eigenvalue weighted by molar-refractivity contribution is -0.144. The molecular formula is C7H13NO3. The third-order valence-electron chi connectivity index (χ3n) is 1.63. The van der Waals surface area contributed by atoms with Crippen LogP contribution >= 0.6 is 0 Å². The Morgan fingerprint density at radius 1 is 1.73 bits per heavy atom. The van der Waals surface area contributed by atoms with Crippen LogP contribution in [0.3, 0.4) is 0 Å². The largest absolute Gasteiger partial charge is 0.468 e. The standard InChI is InChI=1S/C7H13NO3/c1-10-7(9)6-5-11-4-2-3-8-6/h6,8H,2-5H2,1H3. The fraction of sp³-hybridized carbons (Fsp3) is 0.857. The number of hydrogen-bond donors (Lipinski definition) is 1. The summed E-state index contributed by atoms with van der Waals surface area (Å²) in [6, 6.07) is -0.275. The fourth-order valence-corrected chi connectivity index (χ4v) is 1.00. The normalized spacial score (nSPS) is 25.7. The molecule has 1 aliphatic heterocycles. The number of carbonyl (C=O) groups excluding carboxylic acids is 1. The molecule has 1 heterocycles. The van der Waals surface area contributed by atoms with E-state index in [4.69, 9.17) is 4.74 Å². The van der Waals surface area contributed by atoms with Crippen molar-refractivity contribution in [3.05, 3.63) is 0 Å². The molecule has 0 amide bonds. The Labute approximate surface area is 65.9 Å². The van der Waals surface area contributed by atoms with Crippen LogP contribution in [0.25, 0.3) is 0 Å². The van der Waals surface area contributed by atoms with Gasteiger partial charge in [0.2, 0.25) is 0 Å². The molecule has 1 fully saturated rings. The minimum Gasteiger partial charge on any atom is -0.468 e. The van der Waals surface area contributed by atoms with Crippen LogP contribution in [0, 0.1) is 0 Å². The van der Waals surface area contributed by atoms with Crippen molar-refractivity contribution < 1.29 is 14.3 Å². The molecule has 1 saturated heterocycles. The molecule has 1 atom stereocenters. The number of carbonyl (C=O) groups is 1. The van der Waals surface area contributed by atoms with Gasteiger partial charge in [-0.25, -0.2) is 0 Å². The van der Waals surface area contributed by atoms with Crippen LogP contribution in [-0.4, -0.2) is 38.9 Å². The van der Waals surface area contributed by atoms with Gasteiger partial charge in [-0.1, -0.05) is 0 Å². The van der Waals surface area contributed by atoms with E-state index in [9.17, 15) is 4.79 Å². The summed E-state index contributed by atoms with van der Waals surface area (Å²) < 4.78 is 9.73. The van der Waals surface area contributed by atoms with Crippen molar-refractivity contribution in [3.8, 4) is 0 Å². The number of nitrogens with one attached hydrogen (secondary N) is 1. The summed E-state index contributed by atoms with van der Waals surface area (Å²) in [5.41, 5.74) is 0. The summed E-state index contributed by atoms with van der Waals surface area (Å²) in [4.78, 5) is 11.0. The first-order valence-corrected chi connectivity index (χ1v) is 3.73. The van der Waals surface area contributed by atoms with Gasteiger partial charge in [-0.15, -0.1) is 0 Å². The van der Waals surface area contributed by atoms with E-state index >= 15 is 0 Å². The molecule has 4 nitrogen and oxygen atoms in total. The van der Waals surface area contributed by atoms with Gasteiger partial charge in [-0.2, -0.15) is 0 Å². The Morgan fingerprint density at radius 2 is 2.55 bits per heavy atom. The van der Waals surface area contributed by atoms with Gasteiger partial charge < -0.3 is 14.8 Å². The van der Waals surface area contributed by atoms with E-state index in [-0.39, 0.29) is 12.0 Å². The van der Waals surface area contributed by atoms with E-state index in [1.165, 1.54) is 7.11 Å². The van der Waals surface area contributed by atoms with Crippen molar-refractivity contribution >= 4 is 5.97 Å². The Balaban J connectivity index is 2.36. The van der Waals surface area contributed by atoms with Crippen LogP contribution in [-0.2, 0) is 14.3 Å². The lowest BCUT2D eigenvalue weighted by Crippen LogP contribution is -2.39. The maximum absolute atomic E-state index is 11.0. The van der Waals surface area contributed by atoms with Crippen molar-refractivity contribution in [2.24, 2.45) is 0 Å². The van der Waals surface area contributed by atoms with Crippen molar-refractivity contribution in [2.75, 3.05) is 26.9 Å². The van der Waals surface area contributed by atoms with Gasteiger partial charge in [0, 0.05) is 6.61 Å². The van der Waals surface area contributed by atoms with Gasteiger partial charge in [0.05, 0.1) is 13.7 Å². The van der Waals surface area contributed by atoms with E-state index in [1.54, 1.807) is 0 Å². The summed E-state index contributed by atoms with van der Waals surface area (Å²) in [5.74, 6) is -0.244. The highest BCUT2D eigenvalue weighted by atomic mass is 16.5. The van der Waals surface area contributed by atoms with Crippen LogP contribution in [0.5, 0.6) is 0 Å². The molecule has 0 aromatic heterocycles. The average Bonchev–Trinajstić information content (AvgIpc) is 2.30. The van der Waals surface area contributed by atoms with Crippen LogP contribution in [0.2, 0.25) is 0 Å². The van der Waals surface area contributed by atoms with Gasteiger partial charge in [-0.3, -0.25) is 4.79 Å². The van der Waals surface area contributed by atoms with Crippen LogP contribution < -0.4 is 5.32 Å². The molecule has 0 aliphatic carbocycles. The second-order valence-corrected chi connectivity index (χ2v) is 2.46. The second-order valence-electron chi connectivity index (χ2n) is 2.46. The van der Waals surface area contributed by atoms with E-state index in [0.717, 1.165) is 19.6 Å². The topological polar surface area (TPSA) is 47.6 Å². The first-order valence-electron chi connectivity index (χ1n) is 3.73. The predicted octanol–water partition coefficient (Wildman–Crippen LogP) is -0.462. The smallest absolute Gasteiger partial charge is 0.325 e. The third kappa shape index (κ3) is 2.48. The van der Waals surface area contributed by atoms with E-state index < -0.39 is 0 Å². The molecule has 0 radical (unpaired) electrons. The second kappa shape index (κ2) is 4.31. The highest BCUT2D eigenvalue weighted by Gasteiger charge is 2.19. The van der Waals surface area contributed by atoms with E-state index in [1.807, 2.05) is 0 Å².